The molecule has 0 radical (unpaired) electrons. The van der Waals surface area contributed by atoms with Gasteiger partial charge in [0.25, 0.3) is 0 Å². The summed E-state index contributed by atoms with van der Waals surface area (Å²) >= 11 is 0. The molecular formula is C14H21NO6. The first kappa shape index (κ1) is 19.1. The van der Waals surface area contributed by atoms with E-state index in [9.17, 15) is 9.90 Å². The average molecular weight is 299 g/mol. The molecule has 0 saturated carbocycles. The highest BCUT2D eigenvalue weighted by molar-refractivity contribution is 5.83. The Bertz CT molecular complexity index is 431. The second-order valence-electron chi connectivity index (χ2n) is 4.47. The van der Waals surface area contributed by atoms with Gasteiger partial charge in [0, 0.05) is 0 Å². The molecule has 118 valence electrons. The molecule has 7 heteroatoms. The number of aliphatic hydroxyl groups excluding tert-OH is 3. The van der Waals surface area contributed by atoms with Gasteiger partial charge in [0.15, 0.2) is 20.2 Å². The van der Waals surface area contributed by atoms with Gasteiger partial charge in [-0.2, -0.15) is 0 Å². The Balaban J connectivity index is 0.000000433. The van der Waals surface area contributed by atoms with Crippen molar-refractivity contribution in [1.82, 2.24) is 0 Å². The maximum absolute atomic E-state index is 10.1. The molecule has 0 aliphatic heterocycles. The lowest BCUT2D eigenvalue weighted by Gasteiger charge is -2.25. The highest BCUT2D eigenvalue weighted by Crippen LogP contribution is 2.11. The van der Waals surface area contributed by atoms with E-state index in [1.54, 1.807) is 38.4 Å². The second kappa shape index (κ2) is 9.89. The summed E-state index contributed by atoms with van der Waals surface area (Å²) in [5.41, 5.74) is 0.796. The molecule has 0 spiro atoms. The van der Waals surface area contributed by atoms with Crippen LogP contribution < -0.4 is 9.84 Å². The molecule has 0 aliphatic rings. The number of rotatable bonds is 6. The van der Waals surface area contributed by atoms with Crippen molar-refractivity contribution in [3.8, 4) is 5.75 Å². The van der Waals surface area contributed by atoms with Gasteiger partial charge in [0.1, 0.15) is 5.75 Å². The van der Waals surface area contributed by atoms with Crippen LogP contribution in [0, 0.1) is 0 Å². The predicted molar refractivity (Wildman–Crippen MR) is 74.5 cm³/mol. The molecule has 0 atom stereocenters. The fourth-order valence-corrected chi connectivity index (χ4v) is 1.01. The van der Waals surface area contributed by atoms with Crippen molar-refractivity contribution in [2.45, 2.75) is 0 Å². The highest BCUT2D eigenvalue weighted by Gasteiger charge is 2.15. The third-order valence-corrected chi connectivity index (χ3v) is 2.55. The van der Waals surface area contributed by atoms with E-state index in [0.717, 1.165) is 17.4 Å². The molecule has 1 aromatic carbocycles. The summed E-state index contributed by atoms with van der Waals surface area (Å²) in [5, 5.41) is 35.4. The number of carboxylic acids is 1. The summed E-state index contributed by atoms with van der Waals surface area (Å²) in [6.45, 7) is -0.729. The van der Waals surface area contributed by atoms with E-state index in [0.29, 0.717) is 0 Å². The second-order valence-corrected chi connectivity index (χ2v) is 4.47. The van der Waals surface area contributed by atoms with Crippen molar-refractivity contribution in [3.63, 3.8) is 0 Å². The molecule has 0 aromatic heterocycles. The van der Waals surface area contributed by atoms with E-state index in [-0.39, 0.29) is 24.7 Å². The molecule has 0 aliphatic carbocycles. The fraction of sp³-hybridized carbons (Fsp3) is 0.357. The first-order valence-electron chi connectivity index (χ1n) is 6.10. The zero-order valence-corrected chi connectivity index (χ0v) is 12.1. The van der Waals surface area contributed by atoms with Crippen LogP contribution in [-0.2, 0) is 4.79 Å². The molecule has 0 saturated heterocycles. The minimum absolute atomic E-state index is 0.125. The number of hydrogen-bond donors (Lipinski definition) is 3. The number of methoxy groups -OCH3 is 1. The molecule has 7 nitrogen and oxygen atoms in total. The van der Waals surface area contributed by atoms with Gasteiger partial charge in [-0.3, -0.25) is 4.48 Å². The van der Waals surface area contributed by atoms with E-state index in [2.05, 4.69) is 0 Å². The Morgan fingerprint density at radius 3 is 1.95 bits per heavy atom. The van der Waals surface area contributed by atoms with Crippen LogP contribution in [0.3, 0.4) is 0 Å². The number of carboxylic acid groups (broad SMARTS) is 1. The van der Waals surface area contributed by atoms with Gasteiger partial charge in [-0.1, -0.05) is 18.2 Å². The summed E-state index contributed by atoms with van der Waals surface area (Å²) in [6.07, 6.45) is 2.45. The van der Waals surface area contributed by atoms with Crippen molar-refractivity contribution in [1.29, 1.82) is 0 Å². The van der Waals surface area contributed by atoms with E-state index < -0.39 is 5.97 Å². The predicted octanol–water partition coefficient (Wildman–Crippen LogP) is -1.26. The largest absolute Gasteiger partial charge is 0.545 e. The molecule has 1 rings (SSSR count). The van der Waals surface area contributed by atoms with Crippen molar-refractivity contribution >= 4 is 12.0 Å². The van der Waals surface area contributed by atoms with Crippen LogP contribution in [0.15, 0.2) is 30.3 Å². The van der Waals surface area contributed by atoms with Gasteiger partial charge in [-0.05, 0) is 23.8 Å². The van der Waals surface area contributed by atoms with Gasteiger partial charge in [0.2, 0.25) is 0 Å². The zero-order chi connectivity index (χ0) is 16.3. The van der Waals surface area contributed by atoms with Crippen LogP contribution in [-0.4, -0.2) is 60.1 Å². The third kappa shape index (κ3) is 8.05. The lowest BCUT2D eigenvalue weighted by molar-refractivity contribution is -0.959. The SMILES string of the molecule is COc1ccc(C=CC(=O)[O-])cc1.C[N+](CO)(CO)CO. The molecule has 0 heterocycles. The molecule has 1 aromatic rings. The van der Waals surface area contributed by atoms with Crippen molar-refractivity contribution in [2.24, 2.45) is 0 Å². The highest BCUT2D eigenvalue weighted by atomic mass is 16.5. The van der Waals surface area contributed by atoms with Gasteiger partial charge in [0.05, 0.1) is 20.1 Å². The maximum Gasteiger partial charge on any atom is 0.183 e. The fourth-order valence-electron chi connectivity index (χ4n) is 1.01. The van der Waals surface area contributed by atoms with Crippen LogP contribution in [0.1, 0.15) is 5.56 Å². The minimum atomic E-state index is -1.20. The molecule has 0 unspecified atom stereocenters. The lowest BCUT2D eigenvalue weighted by atomic mass is 10.2. The quantitative estimate of drug-likeness (QED) is 0.344. The summed E-state index contributed by atoms with van der Waals surface area (Å²) in [4.78, 5) is 10.1. The maximum atomic E-state index is 10.1. The topological polar surface area (TPSA) is 110 Å². The zero-order valence-electron chi connectivity index (χ0n) is 12.1. The van der Waals surface area contributed by atoms with Crippen molar-refractivity contribution in [2.75, 3.05) is 34.3 Å². The van der Waals surface area contributed by atoms with Crippen LogP contribution in [0.5, 0.6) is 5.75 Å². The Hall–Kier alpha value is -1.93. The Morgan fingerprint density at radius 1 is 1.19 bits per heavy atom. The number of ether oxygens (including phenoxy) is 1. The Kier molecular flexibility index (Phi) is 8.98. The normalized spacial score (nSPS) is 10.9. The number of carbonyl (C=O) groups is 1. The number of benzene rings is 1. The van der Waals surface area contributed by atoms with Crippen molar-refractivity contribution < 1.29 is 34.4 Å². The van der Waals surface area contributed by atoms with Crippen LogP contribution >= 0.6 is 0 Å². The number of nitrogens with zero attached hydrogens (tertiary/aromatic N) is 1. The first-order valence-corrected chi connectivity index (χ1v) is 6.10. The lowest BCUT2D eigenvalue weighted by Crippen LogP contribution is -2.46. The first-order chi connectivity index (χ1) is 9.90. The number of aliphatic hydroxyl groups is 3. The number of carbonyl (C=O) groups excluding carboxylic acids is 1. The van der Waals surface area contributed by atoms with Crippen molar-refractivity contribution in [3.05, 3.63) is 35.9 Å². The minimum Gasteiger partial charge on any atom is -0.545 e. The van der Waals surface area contributed by atoms with Crippen LogP contribution in [0.25, 0.3) is 6.08 Å². The summed E-state index contributed by atoms with van der Waals surface area (Å²) < 4.78 is 4.82. The van der Waals surface area contributed by atoms with Crippen LogP contribution in [0.4, 0.5) is 0 Å². The van der Waals surface area contributed by atoms with E-state index in [1.165, 1.54) is 6.08 Å². The van der Waals surface area contributed by atoms with E-state index >= 15 is 0 Å². The number of quaternary nitrogens is 1. The Morgan fingerprint density at radius 2 is 1.67 bits per heavy atom. The molecule has 0 fully saturated rings. The van der Waals surface area contributed by atoms with E-state index in [4.69, 9.17) is 20.1 Å². The molecular weight excluding hydrogens is 278 g/mol. The molecule has 3 N–H and O–H groups in total. The summed E-state index contributed by atoms with van der Waals surface area (Å²) in [5.74, 6) is -0.457. The monoisotopic (exact) mass is 299 g/mol. The molecule has 21 heavy (non-hydrogen) atoms. The van der Waals surface area contributed by atoms with Crippen LogP contribution in [0.2, 0.25) is 0 Å². The molecule has 0 amide bonds. The third-order valence-electron chi connectivity index (χ3n) is 2.55. The Labute approximate surface area is 123 Å². The van der Waals surface area contributed by atoms with Gasteiger partial charge < -0.3 is 30.0 Å². The smallest absolute Gasteiger partial charge is 0.183 e. The standard InChI is InChI=1S/C10H10O3.C4H12NO3/c1-13-9-5-2-8(3-6-9)4-7-10(11)12;1-5(2-6,3-7)4-8/h2-7H,1H3,(H,11,12);6-8H,2-4H2,1H3/q;+1/p-1. The summed E-state index contributed by atoms with van der Waals surface area (Å²) in [6, 6.07) is 7.04. The number of aliphatic carboxylic acids is 1. The number of hydrogen-bond acceptors (Lipinski definition) is 6. The van der Waals surface area contributed by atoms with E-state index in [1.807, 2.05) is 0 Å². The van der Waals surface area contributed by atoms with Gasteiger partial charge in [-0.25, -0.2) is 0 Å². The molecule has 0 bridgehead atoms. The van der Waals surface area contributed by atoms with Gasteiger partial charge in [-0.15, -0.1) is 0 Å². The van der Waals surface area contributed by atoms with Gasteiger partial charge >= 0.3 is 0 Å². The summed E-state index contributed by atoms with van der Waals surface area (Å²) in [7, 11) is 3.12. The average Bonchev–Trinajstić information content (AvgIpc) is 2.53.